The van der Waals surface area contributed by atoms with E-state index >= 15 is 0 Å². The van der Waals surface area contributed by atoms with Gasteiger partial charge in [0.25, 0.3) is 0 Å². The van der Waals surface area contributed by atoms with Gasteiger partial charge in [0.1, 0.15) is 6.54 Å². The largest absolute Gasteiger partial charge is 0.324 e. The highest BCUT2D eigenvalue weighted by molar-refractivity contribution is 7.98. The van der Waals surface area contributed by atoms with E-state index in [1.54, 1.807) is 4.90 Å². The minimum atomic E-state index is -0.235. The Bertz CT molecular complexity index is 296. The standard InChI is InChI=1S/C12H22N2O2S/c1-4-5-12(2,6-7-17-3)9-14-8-10(15)13-11(14)16/h4-9H2,1-3H3,(H,13,15,16). The third-order valence-corrected chi connectivity index (χ3v) is 3.82. The first-order valence-corrected chi connectivity index (χ1v) is 7.48. The maximum atomic E-state index is 11.5. The van der Waals surface area contributed by atoms with Crippen LogP contribution in [0.1, 0.15) is 33.1 Å². The van der Waals surface area contributed by atoms with Crippen LogP contribution in [0.15, 0.2) is 0 Å². The van der Waals surface area contributed by atoms with Crippen molar-refractivity contribution in [2.75, 3.05) is 25.1 Å². The molecular weight excluding hydrogens is 236 g/mol. The van der Waals surface area contributed by atoms with E-state index in [0.29, 0.717) is 6.54 Å². The van der Waals surface area contributed by atoms with Crippen molar-refractivity contribution < 1.29 is 9.59 Å². The molecule has 1 heterocycles. The first kappa shape index (κ1) is 14.4. The number of imide groups is 1. The van der Waals surface area contributed by atoms with Crippen LogP contribution in [-0.2, 0) is 4.79 Å². The fraction of sp³-hybridized carbons (Fsp3) is 0.833. The van der Waals surface area contributed by atoms with Crippen molar-refractivity contribution in [2.24, 2.45) is 5.41 Å². The zero-order valence-corrected chi connectivity index (χ0v) is 11.7. The molecule has 98 valence electrons. The third-order valence-electron chi connectivity index (χ3n) is 3.20. The van der Waals surface area contributed by atoms with Gasteiger partial charge in [0.15, 0.2) is 0 Å². The Morgan fingerprint density at radius 2 is 2.12 bits per heavy atom. The number of amides is 3. The summed E-state index contributed by atoms with van der Waals surface area (Å²) in [5, 5.41) is 2.33. The monoisotopic (exact) mass is 258 g/mol. The highest BCUT2D eigenvalue weighted by Gasteiger charge is 2.33. The van der Waals surface area contributed by atoms with E-state index < -0.39 is 0 Å². The van der Waals surface area contributed by atoms with E-state index in [1.165, 1.54) is 0 Å². The molecule has 3 amide bonds. The second-order valence-corrected chi connectivity index (χ2v) is 6.00. The van der Waals surface area contributed by atoms with Gasteiger partial charge in [-0.2, -0.15) is 11.8 Å². The highest BCUT2D eigenvalue weighted by Crippen LogP contribution is 2.30. The Kier molecular flexibility index (Phi) is 5.31. The zero-order chi connectivity index (χ0) is 12.9. The lowest BCUT2D eigenvalue weighted by Gasteiger charge is -2.32. The van der Waals surface area contributed by atoms with Gasteiger partial charge in [0.2, 0.25) is 5.91 Å². The number of urea groups is 1. The van der Waals surface area contributed by atoms with E-state index in [2.05, 4.69) is 25.4 Å². The molecule has 1 saturated heterocycles. The molecule has 0 aromatic carbocycles. The number of hydrogen-bond acceptors (Lipinski definition) is 3. The summed E-state index contributed by atoms with van der Waals surface area (Å²) in [6.45, 7) is 5.27. The minimum Gasteiger partial charge on any atom is -0.315 e. The maximum absolute atomic E-state index is 11.5. The predicted molar refractivity (Wildman–Crippen MR) is 71.1 cm³/mol. The van der Waals surface area contributed by atoms with Gasteiger partial charge in [-0.1, -0.05) is 20.3 Å². The molecule has 17 heavy (non-hydrogen) atoms. The second-order valence-electron chi connectivity index (χ2n) is 5.01. The summed E-state index contributed by atoms with van der Waals surface area (Å²) in [7, 11) is 0. The van der Waals surface area contributed by atoms with Crippen molar-refractivity contribution >= 4 is 23.7 Å². The summed E-state index contributed by atoms with van der Waals surface area (Å²) in [5.41, 5.74) is 0.125. The van der Waals surface area contributed by atoms with Crippen molar-refractivity contribution in [3.8, 4) is 0 Å². The predicted octanol–water partition coefficient (Wildman–Crippen LogP) is 2.10. The van der Waals surface area contributed by atoms with Gasteiger partial charge in [-0.15, -0.1) is 0 Å². The summed E-state index contributed by atoms with van der Waals surface area (Å²) in [4.78, 5) is 24.3. The number of nitrogens with one attached hydrogen (secondary N) is 1. The van der Waals surface area contributed by atoms with E-state index in [-0.39, 0.29) is 23.9 Å². The summed E-state index contributed by atoms with van der Waals surface area (Å²) in [6.07, 6.45) is 5.37. The Balaban J connectivity index is 2.59. The van der Waals surface area contributed by atoms with E-state index in [4.69, 9.17) is 0 Å². The van der Waals surface area contributed by atoms with Crippen LogP contribution in [0.3, 0.4) is 0 Å². The van der Waals surface area contributed by atoms with Gasteiger partial charge in [-0.05, 0) is 30.3 Å². The summed E-state index contributed by atoms with van der Waals surface area (Å²) < 4.78 is 0. The fourth-order valence-electron chi connectivity index (χ4n) is 2.31. The first-order chi connectivity index (χ1) is 8.00. The summed E-state index contributed by atoms with van der Waals surface area (Å²) in [5.74, 6) is 0.915. The van der Waals surface area contributed by atoms with Crippen molar-refractivity contribution in [2.45, 2.75) is 33.1 Å². The molecule has 1 fully saturated rings. The smallest absolute Gasteiger partial charge is 0.315 e. The molecular formula is C12H22N2O2S. The number of carbonyl (C=O) groups excluding carboxylic acids is 2. The van der Waals surface area contributed by atoms with Gasteiger partial charge in [-0.25, -0.2) is 4.79 Å². The molecule has 1 N–H and O–H groups in total. The molecule has 0 radical (unpaired) electrons. The third kappa shape index (κ3) is 4.22. The molecule has 0 aromatic rings. The molecule has 1 aliphatic heterocycles. The van der Waals surface area contributed by atoms with Gasteiger partial charge in [-0.3, -0.25) is 10.1 Å². The van der Waals surface area contributed by atoms with Crippen LogP contribution in [0.2, 0.25) is 0 Å². The van der Waals surface area contributed by atoms with Gasteiger partial charge < -0.3 is 4.90 Å². The summed E-state index contributed by atoms with van der Waals surface area (Å²) in [6, 6.07) is -0.235. The summed E-state index contributed by atoms with van der Waals surface area (Å²) >= 11 is 1.83. The molecule has 5 heteroatoms. The second kappa shape index (κ2) is 6.28. The number of carbonyl (C=O) groups is 2. The SMILES string of the molecule is CCCC(C)(CCSC)CN1CC(=O)NC1=O. The minimum absolute atomic E-state index is 0.125. The Morgan fingerprint density at radius 3 is 2.59 bits per heavy atom. The average molecular weight is 258 g/mol. The van der Waals surface area contributed by atoms with Crippen LogP contribution in [-0.4, -0.2) is 41.9 Å². The Morgan fingerprint density at radius 1 is 1.41 bits per heavy atom. The molecule has 0 saturated carbocycles. The normalized spacial score (nSPS) is 19.4. The van der Waals surface area contributed by atoms with Crippen molar-refractivity contribution in [1.82, 2.24) is 10.2 Å². The van der Waals surface area contributed by atoms with E-state index in [1.807, 2.05) is 11.8 Å². The van der Waals surface area contributed by atoms with E-state index in [0.717, 1.165) is 25.0 Å². The topological polar surface area (TPSA) is 49.4 Å². The lowest BCUT2D eigenvalue weighted by atomic mass is 9.82. The Hall–Kier alpha value is -0.710. The van der Waals surface area contributed by atoms with Crippen LogP contribution < -0.4 is 5.32 Å². The molecule has 0 aliphatic carbocycles. The van der Waals surface area contributed by atoms with Crippen molar-refractivity contribution in [1.29, 1.82) is 0 Å². The number of thioether (sulfide) groups is 1. The van der Waals surface area contributed by atoms with Crippen LogP contribution in [0, 0.1) is 5.41 Å². The van der Waals surface area contributed by atoms with Crippen LogP contribution in [0.5, 0.6) is 0 Å². The molecule has 4 nitrogen and oxygen atoms in total. The molecule has 0 bridgehead atoms. The quantitative estimate of drug-likeness (QED) is 0.711. The maximum Gasteiger partial charge on any atom is 0.324 e. The van der Waals surface area contributed by atoms with Crippen molar-refractivity contribution in [3.05, 3.63) is 0 Å². The molecule has 0 spiro atoms. The average Bonchev–Trinajstić information content (AvgIpc) is 2.55. The van der Waals surface area contributed by atoms with Crippen LogP contribution in [0.4, 0.5) is 4.79 Å². The molecule has 1 aliphatic rings. The van der Waals surface area contributed by atoms with Crippen LogP contribution >= 0.6 is 11.8 Å². The lowest BCUT2D eigenvalue weighted by Crippen LogP contribution is -2.38. The first-order valence-electron chi connectivity index (χ1n) is 6.08. The number of hydrogen-bond donors (Lipinski definition) is 1. The van der Waals surface area contributed by atoms with Crippen LogP contribution in [0.25, 0.3) is 0 Å². The lowest BCUT2D eigenvalue weighted by molar-refractivity contribution is -0.118. The molecule has 1 unspecified atom stereocenters. The molecule has 0 aromatic heterocycles. The fourth-order valence-corrected chi connectivity index (χ4v) is 3.00. The van der Waals surface area contributed by atoms with Gasteiger partial charge >= 0.3 is 6.03 Å². The number of nitrogens with zero attached hydrogens (tertiary/aromatic N) is 1. The van der Waals surface area contributed by atoms with Gasteiger partial charge in [0, 0.05) is 6.54 Å². The molecule has 1 atom stereocenters. The number of rotatable bonds is 7. The highest BCUT2D eigenvalue weighted by atomic mass is 32.2. The van der Waals surface area contributed by atoms with Crippen molar-refractivity contribution in [3.63, 3.8) is 0 Å². The zero-order valence-electron chi connectivity index (χ0n) is 10.9. The molecule has 1 rings (SSSR count). The Labute approximate surface area is 108 Å². The van der Waals surface area contributed by atoms with Gasteiger partial charge in [0.05, 0.1) is 0 Å². The van der Waals surface area contributed by atoms with E-state index in [9.17, 15) is 9.59 Å².